The normalized spacial score (nSPS) is 11.2. The lowest BCUT2D eigenvalue weighted by atomic mass is 10.2. The Morgan fingerprint density at radius 1 is 1.00 bits per heavy atom. The molecule has 0 aliphatic heterocycles. The molecule has 0 aliphatic rings. The summed E-state index contributed by atoms with van der Waals surface area (Å²) in [4.78, 5) is 4.51. The quantitative estimate of drug-likeness (QED) is 0.531. The van der Waals surface area contributed by atoms with Crippen LogP contribution in [0.2, 0.25) is 10.0 Å². The molecule has 0 unspecified atom stereocenters. The van der Waals surface area contributed by atoms with Crippen LogP contribution in [0.25, 0.3) is 23.4 Å². The van der Waals surface area contributed by atoms with E-state index in [1.807, 2.05) is 29.7 Å². The van der Waals surface area contributed by atoms with Crippen LogP contribution in [0.1, 0.15) is 10.6 Å². The van der Waals surface area contributed by atoms with Gasteiger partial charge < -0.3 is 0 Å². The van der Waals surface area contributed by atoms with Crippen LogP contribution in [0, 0.1) is 5.82 Å². The van der Waals surface area contributed by atoms with Crippen molar-refractivity contribution >= 4 is 46.7 Å². The number of nitrogens with zero attached hydrogens (tertiary/aromatic N) is 1. The maximum atomic E-state index is 12.9. The summed E-state index contributed by atoms with van der Waals surface area (Å²) in [6.45, 7) is 0. The molecular weight excluding hydrogens is 340 g/mol. The highest BCUT2D eigenvalue weighted by Crippen LogP contribution is 2.28. The van der Waals surface area contributed by atoms with Crippen LogP contribution in [0.5, 0.6) is 0 Å². The highest BCUT2D eigenvalue weighted by Gasteiger charge is 2.04. The molecule has 3 aromatic rings. The summed E-state index contributed by atoms with van der Waals surface area (Å²) in [6, 6.07) is 11.8. The van der Waals surface area contributed by atoms with Crippen LogP contribution in [0.3, 0.4) is 0 Å². The largest absolute Gasteiger partial charge is 0.237 e. The Hall–Kier alpha value is -1.68. The van der Waals surface area contributed by atoms with Crippen molar-refractivity contribution in [2.24, 2.45) is 0 Å². The second-order valence-corrected chi connectivity index (χ2v) is 6.23. The fraction of sp³-hybridized carbons (Fsp3) is 0. The topological polar surface area (TPSA) is 12.9 Å². The maximum absolute atomic E-state index is 12.9. The van der Waals surface area contributed by atoms with Gasteiger partial charge in [0.1, 0.15) is 10.8 Å². The number of rotatable bonds is 3. The van der Waals surface area contributed by atoms with E-state index in [9.17, 15) is 4.39 Å². The molecule has 0 bridgehead atoms. The lowest BCUT2D eigenvalue weighted by molar-refractivity contribution is 0.628. The Morgan fingerprint density at radius 3 is 2.55 bits per heavy atom. The first-order valence-corrected chi connectivity index (χ1v) is 8.10. The minimum absolute atomic E-state index is 0.255. The molecule has 3 rings (SSSR count). The number of benzene rings is 2. The SMILES string of the molecule is Fc1ccc(-c2csc(/C=C/c3cccc(Cl)c3Cl)n2)cc1. The molecule has 0 N–H and O–H groups in total. The summed E-state index contributed by atoms with van der Waals surface area (Å²) >= 11 is 13.6. The number of hydrogen-bond acceptors (Lipinski definition) is 2. The molecule has 1 nitrogen and oxygen atoms in total. The van der Waals surface area contributed by atoms with E-state index >= 15 is 0 Å². The molecule has 110 valence electrons. The number of aromatic nitrogens is 1. The average molecular weight is 350 g/mol. The van der Waals surface area contributed by atoms with Gasteiger partial charge in [-0.15, -0.1) is 11.3 Å². The first-order chi connectivity index (χ1) is 10.6. The maximum Gasteiger partial charge on any atom is 0.123 e. The molecule has 0 amide bonds. The van der Waals surface area contributed by atoms with Gasteiger partial charge in [0.15, 0.2) is 0 Å². The van der Waals surface area contributed by atoms with E-state index in [2.05, 4.69) is 4.98 Å². The van der Waals surface area contributed by atoms with Crippen molar-refractivity contribution in [2.45, 2.75) is 0 Å². The molecule has 0 aliphatic carbocycles. The zero-order valence-electron chi connectivity index (χ0n) is 11.3. The highest BCUT2D eigenvalue weighted by molar-refractivity contribution is 7.10. The molecule has 0 spiro atoms. The fourth-order valence-electron chi connectivity index (χ4n) is 1.93. The van der Waals surface area contributed by atoms with Crippen molar-refractivity contribution in [3.63, 3.8) is 0 Å². The van der Waals surface area contributed by atoms with Gasteiger partial charge in [0, 0.05) is 10.9 Å². The summed E-state index contributed by atoms with van der Waals surface area (Å²) in [5.74, 6) is -0.255. The Kier molecular flexibility index (Phi) is 4.57. The van der Waals surface area contributed by atoms with Gasteiger partial charge in [-0.1, -0.05) is 41.4 Å². The van der Waals surface area contributed by atoms with E-state index in [1.165, 1.54) is 23.5 Å². The summed E-state index contributed by atoms with van der Waals surface area (Å²) in [5, 5.41) is 3.83. The number of halogens is 3. The van der Waals surface area contributed by atoms with Gasteiger partial charge in [-0.2, -0.15) is 0 Å². The molecule has 0 saturated carbocycles. The third-order valence-electron chi connectivity index (χ3n) is 3.05. The third-order valence-corrected chi connectivity index (χ3v) is 4.69. The van der Waals surface area contributed by atoms with Crippen LogP contribution in [-0.2, 0) is 0 Å². The molecule has 1 aromatic heterocycles. The summed E-state index contributed by atoms with van der Waals surface area (Å²) in [5.41, 5.74) is 2.55. The van der Waals surface area contributed by atoms with Crippen molar-refractivity contribution in [3.05, 3.63) is 74.3 Å². The Bertz CT molecular complexity index is 825. The Balaban J connectivity index is 1.83. The van der Waals surface area contributed by atoms with E-state index in [-0.39, 0.29) is 5.82 Å². The van der Waals surface area contributed by atoms with Crippen molar-refractivity contribution in [3.8, 4) is 11.3 Å². The molecule has 1 heterocycles. The second kappa shape index (κ2) is 6.61. The Morgan fingerprint density at radius 2 is 1.77 bits per heavy atom. The zero-order chi connectivity index (χ0) is 15.5. The van der Waals surface area contributed by atoms with Gasteiger partial charge >= 0.3 is 0 Å². The summed E-state index contributed by atoms with van der Waals surface area (Å²) in [6.07, 6.45) is 3.76. The van der Waals surface area contributed by atoms with Gasteiger partial charge in [-0.05, 0) is 42.0 Å². The second-order valence-electron chi connectivity index (χ2n) is 4.55. The molecule has 2 aromatic carbocycles. The van der Waals surface area contributed by atoms with E-state index in [1.54, 1.807) is 18.2 Å². The minimum atomic E-state index is -0.255. The van der Waals surface area contributed by atoms with Crippen molar-refractivity contribution in [1.29, 1.82) is 0 Å². The van der Waals surface area contributed by atoms with Gasteiger partial charge in [-0.3, -0.25) is 0 Å². The molecule has 0 radical (unpaired) electrons. The molecular formula is C17H10Cl2FNS. The molecule has 0 saturated heterocycles. The predicted molar refractivity (Wildman–Crippen MR) is 92.9 cm³/mol. The first-order valence-electron chi connectivity index (χ1n) is 6.47. The number of thiazole rings is 1. The molecule has 5 heteroatoms. The van der Waals surface area contributed by atoms with Crippen molar-refractivity contribution in [1.82, 2.24) is 4.98 Å². The summed E-state index contributed by atoms with van der Waals surface area (Å²) in [7, 11) is 0. The summed E-state index contributed by atoms with van der Waals surface area (Å²) < 4.78 is 12.9. The first kappa shape index (κ1) is 15.2. The van der Waals surface area contributed by atoms with Gasteiger partial charge in [0.2, 0.25) is 0 Å². The molecule has 0 atom stereocenters. The van der Waals surface area contributed by atoms with Crippen LogP contribution in [0.15, 0.2) is 47.8 Å². The number of hydrogen-bond donors (Lipinski definition) is 0. The highest BCUT2D eigenvalue weighted by atomic mass is 35.5. The molecule has 0 fully saturated rings. The zero-order valence-corrected chi connectivity index (χ0v) is 13.6. The van der Waals surface area contributed by atoms with E-state index < -0.39 is 0 Å². The minimum Gasteiger partial charge on any atom is -0.237 e. The van der Waals surface area contributed by atoms with Gasteiger partial charge in [0.05, 0.1) is 15.7 Å². The van der Waals surface area contributed by atoms with Crippen LogP contribution in [0.4, 0.5) is 4.39 Å². The fourth-order valence-corrected chi connectivity index (χ4v) is 3.02. The average Bonchev–Trinajstić information content (AvgIpc) is 2.98. The lowest BCUT2D eigenvalue weighted by Crippen LogP contribution is -1.79. The molecule has 22 heavy (non-hydrogen) atoms. The predicted octanol–water partition coefficient (Wildman–Crippen LogP) is 6.43. The van der Waals surface area contributed by atoms with Crippen LogP contribution < -0.4 is 0 Å². The van der Waals surface area contributed by atoms with Crippen molar-refractivity contribution < 1.29 is 4.39 Å². The van der Waals surface area contributed by atoms with Crippen LogP contribution >= 0.6 is 34.5 Å². The smallest absolute Gasteiger partial charge is 0.123 e. The van der Waals surface area contributed by atoms with E-state index in [4.69, 9.17) is 23.2 Å². The van der Waals surface area contributed by atoms with Crippen molar-refractivity contribution in [2.75, 3.05) is 0 Å². The third kappa shape index (κ3) is 3.38. The van der Waals surface area contributed by atoms with E-state index in [0.29, 0.717) is 10.0 Å². The Labute approximate surface area is 141 Å². The van der Waals surface area contributed by atoms with Gasteiger partial charge in [0.25, 0.3) is 0 Å². The van der Waals surface area contributed by atoms with E-state index in [0.717, 1.165) is 21.8 Å². The van der Waals surface area contributed by atoms with Gasteiger partial charge in [-0.25, -0.2) is 9.37 Å². The standard InChI is InChI=1S/C17H10Cl2FNS/c18-14-3-1-2-12(17(14)19)6-9-16-21-15(10-22-16)11-4-7-13(20)8-5-11/h1-10H/b9-6+. The lowest BCUT2D eigenvalue weighted by Gasteiger charge is -1.99. The van der Waals surface area contributed by atoms with Crippen LogP contribution in [-0.4, -0.2) is 4.98 Å². The monoisotopic (exact) mass is 349 g/mol.